The fraction of sp³-hybridized carbons (Fsp3) is 0.467. The third-order valence-corrected chi connectivity index (χ3v) is 3.96. The summed E-state index contributed by atoms with van der Waals surface area (Å²) in [6.45, 7) is 0.133. The zero-order valence-corrected chi connectivity index (χ0v) is 10.1. The molecular formula is C15H19NO. The second-order valence-corrected chi connectivity index (χ2v) is 5.03. The number of aliphatic hydroxyl groups excluding tert-OH is 1. The summed E-state index contributed by atoms with van der Waals surface area (Å²) in [5.74, 6) is 0. The molecule has 3 rings (SSSR count). The van der Waals surface area contributed by atoms with Crippen LogP contribution in [-0.2, 0) is 6.61 Å². The molecule has 2 heteroatoms. The minimum absolute atomic E-state index is 0.133. The third kappa shape index (κ3) is 1.87. The molecule has 17 heavy (non-hydrogen) atoms. The number of nitrogens with zero attached hydrogens (tertiary/aromatic N) is 1. The highest BCUT2D eigenvalue weighted by Crippen LogP contribution is 2.32. The SMILES string of the molecule is OCc1cccc2ccn(C3CCCCC3)c12. The van der Waals surface area contributed by atoms with Crippen LogP contribution in [0.15, 0.2) is 30.5 Å². The number of hydrogen-bond acceptors (Lipinski definition) is 1. The number of benzene rings is 1. The first kappa shape index (κ1) is 10.8. The van der Waals surface area contributed by atoms with Gasteiger partial charge >= 0.3 is 0 Å². The van der Waals surface area contributed by atoms with E-state index in [1.807, 2.05) is 12.1 Å². The predicted octanol–water partition coefficient (Wildman–Crippen LogP) is 3.64. The molecule has 0 bridgehead atoms. The summed E-state index contributed by atoms with van der Waals surface area (Å²) in [5, 5.41) is 10.7. The average Bonchev–Trinajstić information content (AvgIpc) is 2.83. The first-order valence-corrected chi connectivity index (χ1v) is 6.59. The maximum atomic E-state index is 9.46. The van der Waals surface area contributed by atoms with E-state index in [1.165, 1.54) is 43.0 Å². The van der Waals surface area contributed by atoms with E-state index in [4.69, 9.17) is 0 Å². The summed E-state index contributed by atoms with van der Waals surface area (Å²) in [7, 11) is 0. The highest BCUT2D eigenvalue weighted by Gasteiger charge is 2.17. The molecule has 1 aromatic carbocycles. The van der Waals surface area contributed by atoms with Gasteiger partial charge < -0.3 is 9.67 Å². The lowest BCUT2D eigenvalue weighted by atomic mass is 9.95. The van der Waals surface area contributed by atoms with Crippen molar-refractivity contribution in [3.8, 4) is 0 Å². The predicted molar refractivity (Wildman–Crippen MR) is 70.0 cm³/mol. The van der Waals surface area contributed by atoms with Gasteiger partial charge in [0.05, 0.1) is 12.1 Å². The minimum atomic E-state index is 0.133. The monoisotopic (exact) mass is 229 g/mol. The summed E-state index contributed by atoms with van der Waals surface area (Å²) in [6.07, 6.45) is 8.81. The van der Waals surface area contributed by atoms with Crippen LogP contribution in [0.2, 0.25) is 0 Å². The maximum absolute atomic E-state index is 9.46. The lowest BCUT2D eigenvalue weighted by Gasteiger charge is -2.25. The van der Waals surface area contributed by atoms with Gasteiger partial charge in [0.2, 0.25) is 0 Å². The Kier molecular flexibility index (Phi) is 2.89. The molecule has 1 heterocycles. The van der Waals surface area contributed by atoms with Crippen molar-refractivity contribution in [2.45, 2.75) is 44.8 Å². The van der Waals surface area contributed by atoms with Crippen LogP contribution in [0.5, 0.6) is 0 Å². The molecule has 1 saturated carbocycles. The van der Waals surface area contributed by atoms with Crippen LogP contribution in [0.25, 0.3) is 10.9 Å². The standard InChI is InChI=1S/C15H19NO/c17-11-13-6-4-5-12-9-10-16(15(12)13)14-7-2-1-3-8-14/h4-6,9-10,14,17H,1-3,7-8,11H2. The van der Waals surface area contributed by atoms with Crippen molar-refractivity contribution in [3.05, 3.63) is 36.0 Å². The van der Waals surface area contributed by atoms with E-state index in [1.54, 1.807) is 0 Å². The van der Waals surface area contributed by atoms with Crippen LogP contribution < -0.4 is 0 Å². The van der Waals surface area contributed by atoms with Gasteiger partial charge in [0, 0.05) is 17.8 Å². The quantitative estimate of drug-likeness (QED) is 0.835. The number of fused-ring (bicyclic) bond motifs is 1. The van der Waals surface area contributed by atoms with Gasteiger partial charge in [0.15, 0.2) is 0 Å². The third-order valence-electron chi connectivity index (χ3n) is 3.96. The van der Waals surface area contributed by atoms with Gasteiger partial charge in [-0.25, -0.2) is 0 Å². The number of aliphatic hydroxyl groups is 1. The fourth-order valence-electron chi connectivity index (χ4n) is 3.09. The number of rotatable bonds is 2. The summed E-state index contributed by atoms with van der Waals surface area (Å²) in [6, 6.07) is 8.99. The van der Waals surface area contributed by atoms with Crippen molar-refractivity contribution in [3.63, 3.8) is 0 Å². The Balaban J connectivity index is 2.09. The molecule has 1 aliphatic carbocycles. The van der Waals surface area contributed by atoms with Crippen molar-refractivity contribution in [1.82, 2.24) is 4.57 Å². The molecule has 0 aliphatic heterocycles. The molecule has 2 aromatic rings. The van der Waals surface area contributed by atoms with Crippen LogP contribution in [0.1, 0.15) is 43.7 Å². The van der Waals surface area contributed by atoms with Gasteiger partial charge in [-0.3, -0.25) is 0 Å². The van der Waals surface area contributed by atoms with E-state index < -0.39 is 0 Å². The fourth-order valence-corrected chi connectivity index (χ4v) is 3.09. The Morgan fingerprint density at radius 1 is 1.12 bits per heavy atom. The van der Waals surface area contributed by atoms with E-state index in [0.29, 0.717) is 6.04 Å². The molecule has 1 aromatic heterocycles. The molecule has 0 saturated heterocycles. The maximum Gasteiger partial charge on any atom is 0.0702 e. The number of para-hydroxylation sites is 1. The highest BCUT2D eigenvalue weighted by atomic mass is 16.3. The molecular weight excluding hydrogens is 210 g/mol. The van der Waals surface area contributed by atoms with Crippen LogP contribution >= 0.6 is 0 Å². The van der Waals surface area contributed by atoms with E-state index in [-0.39, 0.29) is 6.61 Å². The van der Waals surface area contributed by atoms with Crippen molar-refractivity contribution in [2.75, 3.05) is 0 Å². The topological polar surface area (TPSA) is 25.2 Å². The number of aromatic nitrogens is 1. The Morgan fingerprint density at radius 3 is 2.71 bits per heavy atom. The Morgan fingerprint density at radius 2 is 1.94 bits per heavy atom. The molecule has 2 nitrogen and oxygen atoms in total. The summed E-state index contributed by atoms with van der Waals surface area (Å²) in [4.78, 5) is 0. The van der Waals surface area contributed by atoms with E-state index in [9.17, 15) is 5.11 Å². The first-order chi connectivity index (χ1) is 8.40. The van der Waals surface area contributed by atoms with Gasteiger partial charge in [-0.05, 0) is 24.3 Å². The second kappa shape index (κ2) is 4.53. The molecule has 1 aliphatic rings. The van der Waals surface area contributed by atoms with Gasteiger partial charge in [-0.2, -0.15) is 0 Å². The molecule has 0 unspecified atom stereocenters. The van der Waals surface area contributed by atoms with Crippen LogP contribution in [0, 0.1) is 0 Å². The van der Waals surface area contributed by atoms with Crippen molar-refractivity contribution < 1.29 is 5.11 Å². The summed E-state index contributed by atoms with van der Waals surface area (Å²) in [5.41, 5.74) is 2.29. The molecule has 1 fully saturated rings. The van der Waals surface area contributed by atoms with Crippen LogP contribution in [0.3, 0.4) is 0 Å². The van der Waals surface area contributed by atoms with Gasteiger partial charge in [0.25, 0.3) is 0 Å². The van der Waals surface area contributed by atoms with E-state index in [0.717, 1.165) is 5.56 Å². The van der Waals surface area contributed by atoms with Gasteiger partial charge in [-0.15, -0.1) is 0 Å². The number of hydrogen-bond donors (Lipinski definition) is 1. The van der Waals surface area contributed by atoms with Gasteiger partial charge in [-0.1, -0.05) is 37.5 Å². The molecule has 0 radical (unpaired) electrons. The van der Waals surface area contributed by atoms with Crippen molar-refractivity contribution >= 4 is 10.9 Å². The van der Waals surface area contributed by atoms with E-state index in [2.05, 4.69) is 22.9 Å². The molecule has 0 spiro atoms. The largest absolute Gasteiger partial charge is 0.392 e. The molecule has 0 amide bonds. The van der Waals surface area contributed by atoms with Crippen molar-refractivity contribution in [1.29, 1.82) is 0 Å². The zero-order chi connectivity index (χ0) is 11.7. The van der Waals surface area contributed by atoms with Crippen LogP contribution in [0.4, 0.5) is 0 Å². The Hall–Kier alpha value is -1.28. The average molecular weight is 229 g/mol. The summed E-state index contributed by atoms with van der Waals surface area (Å²) < 4.78 is 2.39. The highest BCUT2D eigenvalue weighted by molar-refractivity contribution is 5.83. The Bertz CT molecular complexity index is 509. The van der Waals surface area contributed by atoms with Gasteiger partial charge in [0.1, 0.15) is 0 Å². The van der Waals surface area contributed by atoms with E-state index >= 15 is 0 Å². The smallest absolute Gasteiger partial charge is 0.0702 e. The van der Waals surface area contributed by atoms with Crippen molar-refractivity contribution in [2.24, 2.45) is 0 Å². The summed E-state index contributed by atoms with van der Waals surface area (Å²) >= 11 is 0. The normalized spacial score (nSPS) is 17.7. The molecule has 1 N–H and O–H groups in total. The first-order valence-electron chi connectivity index (χ1n) is 6.59. The minimum Gasteiger partial charge on any atom is -0.392 e. The zero-order valence-electron chi connectivity index (χ0n) is 10.1. The molecule has 90 valence electrons. The lowest BCUT2D eigenvalue weighted by molar-refractivity contribution is 0.282. The van der Waals surface area contributed by atoms with Crippen LogP contribution in [-0.4, -0.2) is 9.67 Å². The second-order valence-electron chi connectivity index (χ2n) is 5.03. The Labute approximate surface area is 102 Å². The molecule has 0 atom stereocenters. The lowest BCUT2D eigenvalue weighted by Crippen LogP contribution is -2.12.